The van der Waals surface area contributed by atoms with E-state index in [9.17, 15) is 18.7 Å². The summed E-state index contributed by atoms with van der Waals surface area (Å²) in [5, 5.41) is 12.3. The molecular formula is C19H19F2NO3. The van der Waals surface area contributed by atoms with Gasteiger partial charge in [0.15, 0.2) is 0 Å². The number of aliphatic hydroxyl groups is 1. The maximum atomic E-state index is 13.0. The van der Waals surface area contributed by atoms with Gasteiger partial charge in [-0.1, -0.05) is 24.3 Å². The predicted molar refractivity (Wildman–Crippen MR) is 91.0 cm³/mol. The first-order valence-corrected chi connectivity index (χ1v) is 7.78. The van der Waals surface area contributed by atoms with Gasteiger partial charge in [0.05, 0.1) is 0 Å². The summed E-state index contributed by atoms with van der Waals surface area (Å²) in [7, 11) is 0. The molecule has 4 nitrogen and oxygen atoms in total. The molecule has 0 aliphatic heterocycles. The number of nitrogens with one attached hydrogen (secondary N) is 1. The van der Waals surface area contributed by atoms with Crippen LogP contribution in [0.3, 0.4) is 0 Å². The van der Waals surface area contributed by atoms with Crippen molar-refractivity contribution in [1.82, 2.24) is 5.32 Å². The van der Waals surface area contributed by atoms with E-state index in [4.69, 9.17) is 4.74 Å². The fourth-order valence-electron chi connectivity index (χ4n) is 2.00. The summed E-state index contributed by atoms with van der Waals surface area (Å²) in [6, 6.07) is 11.5. The molecule has 2 N–H and O–H groups in total. The molecule has 6 heteroatoms. The van der Waals surface area contributed by atoms with Gasteiger partial charge in [0.25, 0.3) is 0 Å². The van der Waals surface area contributed by atoms with E-state index in [1.54, 1.807) is 24.3 Å². The van der Waals surface area contributed by atoms with Crippen LogP contribution in [-0.4, -0.2) is 30.3 Å². The minimum Gasteiger partial charge on any atom is -0.491 e. The first-order chi connectivity index (χ1) is 12.0. The zero-order valence-corrected chi connectivity index (χ0v) is 13.5. The van der Waals surface area contributed by atoms with Gasteiger partial charge >= 0.3 is 0 Å². The third-order valence-electron chi connectivity index (χ3n) is 3.25. The highest BCUT2D eigenvalue weighted by Crippen LogP contribution is 2.11. The molecule has 0 aromatic heterocycles. The minimum absolute atomic E-state index is 0.0228. The van der Waals surface area contributed by atoms with Crippen molar-refractivity contribution in [3.8, 4) is 5.75 Å². The lowest BCUT2D eigenvalue weighted by Crippen LogP contribution is -2.34. The molecule has 0 bridgehead atoms. The van der Waals surface area contributed by atoms with Crippen LogP contribution in [0, 0.1) is 11.6 Å². The van der Waals surface area contributed by atoms with Crippen LogP contribution in [0.1, 0.15) is 12.0 Å². The highest BCUT2D eigenvalue weighted by molar-refractivity contribution is 5.78. The van der Waals surface area contributed by atoms with Crippen LogP contribution in [0.25, 0.3) is 6.08 Å². The van der Waals surface area contributed by atoms with E-state index in [-0.39, 0.29) is 37.1 Å². The number of rotatable bonds is 8. The Labute approximate surface area is 144 Å². The molecule has 25 heavy (non-hydrogen) atoms. The fraction of sp³-hybridized carbons (Fsp3) is 0.211. The number of hydrogen-bond donors (Lipinski definition) is 2. The van der Waals surface area contributed by atoms with Gasteiger partial charge in [0, 0.05) is 13.0 Å². The van der Waals surface area contributed by atoms with Crippen molar-refractivity contribution in [3.63, 3.8) is 0 Å². The number of benzene rings is 2. The molecule has 132 valence electrons. The average Bonchev–Trinajstić information content (AvgIpc) is 2.59. The lowest BCUT2D eigenvalue weighted by molar-refractivity contribution is -0.120. The monoisotopic (exact) mass is 347 g/mol. The maximum Gasteiger partial charge on any atom is 0.223 e. The summed E-state index contributed by atoms with van der Waals surface area (Å²) >= 11 is 0. The van der Waals surface area contributed by atoms with Gasteiger partial charge in [0.1, 0.15) is 30.1 Å². The second-order valence-corrected chi connectivity index (χ2v) is 5.38. The molecule has 0 heterocycles. The van der Waals surface area contributed by atoms with Crippen LogP contribution >= 0.6 is 0 Å². The van der Waals surface area contributed by atoms with Gasteiger partial charge in [-0.2, -0.15) is 0 Å². The standard InChI is InChI=1S/C19H19F2NO3/c20-15-7-9-18(10-8-15)25-13-17(23)12-22-19(24)6-2-4-14-3-1-5-16(21)11-14/h1-5,7-11,17,23H,6,12-13H2,(H,22,24)/b4-2+. The third-order valence-corrected chi connectivity index (χ3v) is 3.25. The molecule has 0 aliphatic rings. The fourth-order valence-corrected chi connectivity index (χ4v) is 2.00. The molecule has 0 fully saturated rings. The Kier molecular flexibility index (Phi) is 7.10. The first kappa shape index (κ1) is 18.6. The molecule has 0 spiro atoms. The molecule has 2 aromatic carbocycles. The molecule has 0 saturated carbocycles. The predicted octanol–water partition coefficient (Wildman–Crippen LogP) is 2.92. The lowest BCUT2D eigenvalue weighted by Gasteiger charge is -2.13. The smallest absolute Gasteiger partial charge is 0.223 e. The van der Waals surface area contributed by atoms with Gasteiger partial charge in [-0.15, -0.1) is 0 Å². The molecule has 1 unspecified atom stereocenters. The number of carbonyl (C=O) groups excluding carboxylic acids is 1. The van der Waals surface area contributed by atoms with Crippen LogP contribution in [-0.2, 0) is 4.79 Å². The quantitative estimate of drug-likeness (QED) is 0.772. The Morgan fingerprint density at radius 2 is 1.92 bits per heavy atom. The molecule has 0 saturated heterocycles. The average molecular weight is 347 g/mol. The van der Waals surface area contributed by atoms with Gasteiger partial charge in [-0.25, -0.2) is 8.78 Å². The van der Waals surface area contributed by atoms with E-state index < -0.39 is 6.10 Å². The zero-order valence-electron chi connectivity index (χ0n) is 13.5. The van der Waals surface area contributed by atoms with Crippen molar-refractivity contribution in [1.29, 1.82) is 0 Å². The van der Waals surface area contributed by atoms with Crippen LogP contribution in [0.4, 0.5) is 8.78 Å². The summed E-state index contributed by atoms with van der Waals surface area (Å²) in [4.78, 5) is 11.7. The van der Waals surface area contributed by atoms with Crippen LogP contribution < -0.4 is 10.1 Å². The Hall–Kier alpha value is -2.73. The molecule has 1 atom stereocenters. The SMILES string of the molecule is O=C(C/C=C/c1cccc(F)c1)NCC(O)COc1ccc(F)cc1. The van der Waals surface area contributed by atoms with Gasteiger partial charge < -0.3 is 15.2 Å². The van der Waals surface area contributed by atoms with Gasteiger partial charge in [-0.3, -0.25) is 4.79 Å². The molecule has 2 rings (SSSR count). The van der Waals surface area contributed by atoms with Crippen molar-refractivity contribution in [2.75, 3.05) is 13.2 Å². The van der Waals surface area contributed by atoms with E-state index in [0.29, 0.717) is 11.3 Å². The van der Waals surface area contributed by atoms with Gasteiger partial charge in [-0.05, 0) is 42.0 Å². The summed E-state index contributed by atoms with van der Waals surface area (Å²) in [6.45, 7) is 0.0128. The van der Waals surface area contributed by atoms with Gasteiger partial charge in [0.2, 0.25) is 5.91 Å². The molecular weight excluding hydrogens is 328 g/mol. The summed E-state index contributed by atoms with van der Waals surface area (Å²) in [5.74, 6) is -0.541. The molecule has 1 amide bonds. The zero-order chi connectivity index (χ0) is 18.1. The second-order valence-electron chi connectivity index (χ2n) is 5.38. The molecule has 2 aromatic rings. The summed E-state index contributed by atoms with van der Waals surface area (Å²) in [6.07, 6.45) is 2.49. The second kappa shape index (κ2) is 9.54. The Morgan fingerprint density at radius 3 is 2.64 bits per heavy atom. The van der Waals surface area contributed by atoms with Crippen molar-refractivity contribution in [3.05, 3.63) is 71.8 Å². The van der Waals surface area contributed by atoms with E-state index in [1.807, 2.05) is 0 Å². The van der Waals surface area contributed by atoms with Crippen molar-refractivity contribution in [2.45, 2.75) is 12.5 Å². The Bertz CT molecular complexity index is 717. The number of amides is 1. The normalized spacial score (nSPS) is 12.1. The van der Waals surface area contributed by atoms with Crippen LogP contribution in [0.15, 0.2) is 54.6 Å². The first-order valence-electron chi connectivity index (χ1n) is 7.78. The number of carbonyl (C=O) groups is 1. The third kappa shape index (κ3) is 7.14. The maximum absolute atomic E-state index is 13.0. The highest BCUT2D eigenvalue weighted by atomic mass is 19.1. The lowest BCUT2D eigenvalue weighted by atomic mass is 10.2. The largest absolute Gasteiger partial charge is 0.491 e. The number of hydrogen-bond acceptors (Lipinski definition) is 3. The summed E-state index contributed by atoms with van der Waals surface area (Å²) in [5.41, 5.74) is 0.667. The Balaban J connectivity index is 1.66. The van der Waals surface area contributed by atoms with Crippen molar-refractivity contribution >= 4 is 12.0 Å². The number of halogens is 2. The van der Waals surface area contributed by atoms with Crippen LogP contribution in [0.2, 0.25) is 0 Å². The molecule has 0 aliphatic carbocycles. The van der Waals surface area contributed by atoms with E-state index >= 15 is 0 Å². The Morgan fingerprint density at radius 1 is 1.16 bits per heavy atom. The highest BCUT2D eigenvalue weighted by Gasteiger charge is 2.07. The van der Waals surface area contributed by atoms with Crippen molar-refractivity contribution < 1.29 is 23.4 Å². The van der Waals surface area contributed by atoms with E-state index in [0.717, 1.165) is 0 Å². The molecule has 0 radical (unpaired) electrons. The topological polar surface area (TPSA) is 58.6 Å². The van der Waals surface area contributed by atoms with Crippen LogP contribution in [0.5, 0.6) is 5.75 Å². The van der Waals surface area contributed by atoms with E-state index in [2.05, 4.69) is 5.32 Å². The number of aliphatic hydroxyl groups excluding tert-OH is 1. The number of ether oxygens (including phenoxy) is 1. The minimum atomic E-state index is -0.888. The van der Waals surface area contributed by atoms with Crippen molar-refractivity contribution in [2.24, 2.45) is 0 Å². The van der Waals surface area contributed by atoms with E-state index in [1.165, 1.54) is 36.4 Å². The summed E-state index contributed by atoms with van der Waals surface area (Å²) < 4.78 is 31.0.